The number of nitrogens with zero attached hydrogens (tertiary/aromatic N) is 4. The maximum atomic E-state index is 13.6. The molecule has 0 bridgehead atoms. The first-order valence-electron chi connectivity index (χ1n) is 9.35. The Balaban J connectivity index is 1.53. The van der Waals surface area contributed by atoms with Crippen LogP contribution in [-0.4, -0.2) is 52.2 Å². The average Bonchev–Trinajstić information content (AvgIpc) is 3.23. The van der Waals surface area contributed by atoms with Crippen LogP contribution in [-0.2, 0) is 10.2 Å². The summed E-state index contributed by atoms with van der Waals surface area (Å²) in [6.45, 7) is 2.99. The lowest BCUT2D eigenvalue weighted by molar-refractivity contribution is -0.139. The van der Waals surface area contributed by atoms with Crippen molar-refractivity contribution in [1.82, 2.24) is 20.1 Å². The summed E-state index contributed by atoms with van der Waals surface area (Å²) in [6.07, 6.45) is 6.79. The van der Waals surface area contributed by atoms with Gasteiger partial charge in [0.05, 0.1) is 5.41 Å². The number of amides is 1. The molecule has 2 fully saturated rings. The fraction of sp³-hybridized carbons (Fsp3) is 0.526. The number of rotatable bonds is 3. The van der Waals surface area contributed by atoms with Crippen LogP contribution >= 0.6 is 11.6 Å². The number of piperazine rings is 1. The van der Waals surface area contributed by atoms with Crippen LogP contribution in [0.15, 0.2) is 30.6 Å². The molecular weight excluding hydrogens is 350 g/mol. The summed E-state index contributed by atoms with van der Waals surface area (Å²) in [6, 6.07) is 7.89. The van der Waals surface area contributed by atoms with E-state index in [1.165, 1.54) is 12.7 Å². The number of carbonyl (C=O) groups is 1. The number of hydrogen-bond donors (Lipinski definition) is 1. The van der Waals surface area contributed by atoms with Gasteiger partial charge in [0, 0.05) is 31.2 Å². The van der Waals surface area contributed by atoms with Crippen molar-refractivity contribution >= 4 is 23.5 Å². The molecule has 2 aliphatic rings. The van der Waals surface area contributed by atoms with Crippen molar-refractivity contribution in [2.24, 2.45) is 0 Å². The van der Waals surface area contributed by atoms with Crippen LogP contribution in [0.5, 0.6) is 0 Å². The maximum Gasteiger partial charge on any atom is 0.233 e. The lowest BCUT2D eigenvalue weighted by Gasteiger charge is -2.43. The Hall–Kier alpha value is -2.08. The largest absolute Gasteiger partial charge is 0.338 e. The quantitative estimate of drug-likeness (QED) is 0.898. The lowest BCUT2D eigenvalue weighted by atomic mass is 9.68. The number of aromatic nitrogens is 3. The van der Waals surface area contributed by atoms with E-state index in [1.54, 1.807) is 0 Å². The summed E-state index contributed by atoms with van der Waals surface area (Å²) in [5.41, 5.74) is 0.723. The van der Waals surface area contributed by atoms with Gasteiger partial charge in [-0.3, -0.25) is 4.79 Å². The van der Waals surface area contributed by atoms with Crippen LogP contribution in [0.1, 0.15) is 37.7 Å². The molecule has 0 spiro atoms. The smallest absolute Gasteiger partial charge is 0.233 e. The number of aromatic amines is 1. The first kappa shape index (κ1) is 17.3. The van der Waals surface area contributed by atoms with Crippen molar-refractivity contribution in [2.45, 2.75) is 37.5 Å². The van der Waals surface area contributed by atoms with Gasteiger partial charge in [0.2, 0.25) is 11.9 Å². The Kier molecular flexibility index (Phi) is 4.85. The molecule has 0 radical (unpaired) electrons. The number of H-pyrrole nitrogens is 1. The topological polar surface area (TPSA) is 65.1 Å². The zero-order valence-electron chi connectivity index (χ0n) is 14.8. The number of nitrogens with one attached hydrogen (secondary N) is 1. The van der Waals surface area contributed by atoms with E-state index in [-0.39, 0.29) is 5.91 Å². The molecule has 4 rings (SSSR count). The van der Waals surface area contributed by atoms with E-state index in [1.807, 2.05) is 29.2 Å². The highest BCUT2D eigenvalue weighted by Crippen LogP contribution is 2.41. The lowest BCUT2D eigenvalue weighted by Crippen LogP contribution is -2.55. The molecule has 2 heterocycles. The minimum atomic E-state index is -0.392. The molecule has 0 unspecified atom stereocenters. The highest BCUT2D eigenvalue weighted by molar-refractivity contribution is 6.30. The van der Waals surface area contributed by atoms with Gasteiger partial charge in [0.1, 0.15) is 6.33 Å². The summed E-state index contributed by atoms with van der Waals surface area (Å²) < 4.78 is 0. The molecule has 1 aliphatic carbocycles. The number of anilines is 1. The molecule has 138 valence electrons. The van der Waals surface area contributed by atoms with Crippen molar-refractivity contribution < 1.29 is 4.79 Å². The zero-order valence-corrected chi connectivity index (χ0v) is 15.6. The van der Waals surface area contributed by atoms with E-state index >= 15 is 0 Å². The number of benzene rings is 1. The fourth-order valence-corrected chi connectivity index (χ4v) is 4.45. The van der Waals surface area contributed by atoms with Crippen molar-refractivity contribution in [3.63, 3.8) is 0 Å². The molecule has 6 nitrogen and oxygen atoms in total. The molecular formula is C19H24ClN5O. The first-order chi connectivity index (χ1) is 12.7. The van der Waals surface area contributed by atoms with Crippen molar-refractivity contribution in [3.05, 3.63) is 41.2 Å². The van der Waals surface area contributed by atoms with E-state index in [0.717, 1.165) is 63.4 Å². The summed E-state index contributed by atoms with van der Waals surface area (Å²) in [5, 5.41) is 7.53. The van der Waals surface area contributed by atoms with Gasteiger partial charge < -0.3 is 9.80 Å². The first-order valence-corrected chi connectivity index (χ1v) is 9.73. The predicted octanol–water partition coefficient (Wildman–Crippen LogP) is 3.01. The van der Waals surface area contributed by atoms with Crippen LogP contribution in [0.3, 0.4) is 0 Å². The van der Waals surface area contributed by atoms with Crippen LogP contribution in [0.2, 0.25) is 5.02 Å². The normalized spacial score (nSPS) is 20.2. The van der Waals surface area contributed by atoms with Crippen LogP contribution < -0.4 is 4.90 Å². The highest BCUT2D eigenvalue weighted by atomic mass is 35.5. The fourth-order valence-electron chi connectivity index (χ4n) is 4.33. The molecule has 1 aromatic carbocycles. The van der Waals surface area contributed by atoms with Gasteiger partial charge in [0.15, 0.2) is 0 Å². The molecule has 7 heteroatoms. The summed E-state index contributed by atoms with van der Waals surface area (Å²) in [4.78, 5) is 22.0. The summed E-state index contributed by atoms with van der Waals surface area (Å²) in [5.74, 6) is 1.05. The molecule has 1 aliphatic heterocycles. The van der Waals surface area contributed by atoms with Gasteiger partial charge in [-0.05, 0) is 30.5 Å². The van der Waals surface area contributed by atoms with Crippen LogP contribution in [0.25, 0.3) is 0 Å². The molecule has 2 aromatic rings. The Morgan fingerprint density at radius 3 is 2.35 bits per heavy atom. The second kappa shape index (κ2) is 7.27. The predicted molar refractivity (Wildman–Crippen MR) is 101 cm³/mol. The summed E-state index contributed by atoms with van der Waals surface area (Å²) >= 11 is 6.07. The van der Waals surface area contributed by atoms with Gasteiger partial charge in [0.25, 0.3) is 0 Å². The van der Waals surface area contributed by atoms with E-state index in [2.05, 4.69) is 20.1 Å². The average molecular weight is 374 g/mol. The summed E-state index contributed by atoms with van der Waals surface area (Å²) in [7, 11) is 0. The van der Waals surface area contributed by atoms with E-state index in [0.29, 0.717) is 5.02 Å². The standard InChI is InChI=1S/C19H24ClN5O/c20-16-6-4-15(5-7-16)19(8-2-1-3-9-19)17(26)24-10-12-25(13-11-24)18-21-14-22-23-18/h4-7,14H,1-3,8-13H2,(H,21,22,23). The van der Waals surface area contributed by atoms with Crippen LogP contribution in [0.4, 0.5) is 5.95 Å². The third-order valence-corrected chi connectivity index (χ3v) is 6.03. The molecule has 1 N–H and O–H groups in total. The molecule has 1 saturated heterocycles. The second-order valence-electron chi connectivity index (χ2n) is 7.24. The minimum absolute atomic E-state index is 0.275. The van der Waals surface area contributed by atoms with E-state index in [9.17, 15) is 4.79 Å². The van der Waals surface area contributed by atoms with Gasteiger partial charge in [-0.1, -0.05) is 43.0 Å². The van der Waals surface area contributed by atoms with Gasteiger partial charge >= 0.3 is 0 Å². The highest BCUT2D eigenvalue weighted by Gasteiger charge is 2.44. The number of carbonyl (C=O) groups excluding carboxylic acids is 1. The number of hydrogen-bond acceptors (Lipinski definition) is 4. The Morgan fingerprint density at radius 2 is 1.73 bits per heavy atom. The Labute approximate surface area is 158 Å². The Bertz CT molecular complexity index is 732. The molecule has 26 heavy (non-hydrogen) atoms. The molecule has 1 aromatic heterocycles. The molecule has 0 atom stereocenters. The zero-order chi connectivity index (χ0) is 18.0. The van der Waals surface area contributed by atoms with Crippen molar-refractivity contribution in [1.29, 1.82) is 0 Å². The minimum Gasteiger partial charge on any atom is -0.338 e. The second-order valence-corrected chi connectivity index (χ2v) is 7.67. The van der Waals surface area contributed by atoms with Crippen molar-refractivity contribution in [3.8, 4) is 0 Å². The van der Waals surface area contributed by atoms with Gasteiger partial charge in [-0.2, -0.15) is 10.1 Å². The Morgan fingerprint density at radius 1 is 1.04 bits per heavy atom. The van der Waals surface area contributed by atoms with Crippen molar-refractivity contribution in [2.75, 3.05) is 31.1 Å². The number of halogens is 1. The molecule has 1 saturated carbocycles. The SMILES string of the molecule is O=C(N1CCN(c2ncn[nH]2)CC1)C1(c2ccc(Cl)cc2)CCCCC1. The van der Waals surface area contributed by atoms with E-state index in [4.69, 9.17) is 11.6 Å². The van der Waals surface area contributed by atoms with Gasteiger partial charge in [-0.15, -0.1) is 0 Å². The van der Waals surface area contributed by atoms with Gasteiger partial charge in [-0.25, -0.2) is 5.10 Å². The monoisotopic (exact) mass is 373 g/mol. The van der Waals surface area contributed by atoms with E-state index < -0.39 is 5.41 Å². The van der Waals surface area contributed by atoms with Crippen LogP contribution in [0, 0.1) is 0 Å². The maximum absolute atomic E-state index is 13.6. The third-order valence-electron chi connectivity index (χ3n) is 5.78. The third kappa shape index (κ3) is 3.18. The molecule has 1 amide bonds.